The Bertz CT molecular complexity index is 2740. The maximum atomic E-state index is 6.27. The van der Waals surface area contributed by atoms with Gasteiger partial charge in [0, 0.05) is 10.8 Å². The van der Waals surface area contributed by atoms with Gasteiger partial charge in [-0.15, -0.1) is 0 Å². The van der Waals surface area contributed by atoms with Crippen LogP contribution in [0.2, 0.25) is 0 Å². The molecule has 1 nitrogen and oxygen atoms in total. The number of hydrogen-bond acceptors (Lipinski definition) is 1. The van der Waals surface area contributed by atoms with Crippen molar-refractivity contribution in [2.24, 2.45) is 0 Å². The van der Waals surface area contributed by atoms with Gasteiger partial charge in [-0.25, -0.2) is 0 Å². The van der Waals surface area contributed by atoms with Crippen LogP contribution in [0, 0.1) is 0 Å². The van der Waals surface area contributed by atoms with Crippen LogP contribution in [0.3, 0.4) is 0 Å². The Labute approximate surface area is 278 Å². The number of rotatable bonds is 2. The van der Waals surface area contributed by atoms with E-state index in [4.69, 9.17) is 4.42 Å². The average molecular weight is 609 g/mol. The van der Waals surface area contributed by atoms with Gasteiger partial charge in [0.05, 0.1) is 5.41 Å². The summed E-state index contributed by atoms with van der Waals surface area (Å²) >= 11 is 0. The molecule has 0 bridgehead atoms. The Hall–Kier alpha value is -6.18. The van der Waals surface area contributed by atoms with Gasteiger partial charge in [-0.3, -0.25) is 0 Å². The van der Waals surface area contributed by atoms with E-state index in [1.54, 1.807) is 0 Å². The van der Waals surface area contributed by atoms with E-state index in [1.807, 2.05) is 6.07 Å². The van der Waals surface area contributed by atoms with Crippen molar-refractivity contribution >= 4 is 32.7 Å². The molecular weight excluding hydrogens is 581 g/mol. The highest BCUT2D eigenvalue weighted by atomic mass is 16.3. The molecule has 1 heterocycles. The van der Waals surface area contributed by atoms with Crippen LogP contribution in [-0.4, -0.2) is 0 Å². The van der Waals surface area contributed by atoms with Crippen LogP contribution < -0.4 is 0 Å². The second-order valence-corrected chi connectivity index (χ2v) is 13.2. The van der Waals surface area contributed by atoms with Gasteiger partial charge in [-0.2, -0.15) is 0 Å². The molecule has 0 aliphatic heterocycles. The van der Waals surface area contributed by atoms with E-state index in [1.165, 1.54) is 77.5 Å². The summed E-state index contributed by atoms with van der Waals surface area (Å²) in [4.78, 5) is 0. The number of furan rings is 1. The smallest absolute Gasteiger partial charge is 0.135 e. The molecule has 0 radical (unpaired) electrons. The van der Waals surface area contributed by atoms with E-state index in [0.717, 1.165) is 21.9 Å². The largest absolute Gasteiger partial charge is 0.456 e. The van der Waals surface area contributed by atoms with Gasteiger partial charge in [0.25, 0.3) is 0 Å². The highest BCUT2D eigenvalue weighted by Gasteiger charge is 2.53. The van der Waals surface area contributed by atoms with Gasteiger partial charge in [0.15, 0.2) is 0 Å². The van der Waals surface area contributed by atoms with Gasteiger partial charge >= 0.3 is 0 Å². The number of para-hydroxylation sites is 1. The zero-order chi connectivity index (χ0) is 31.4. The lowest BCUT2D eigenvalue weighted by Gasteiger charge is -2.32. The molecule has 1 heteroatoms. The molecule has 0 saturated heterocycles. The highest BCUT2D eigenvalue weighted by Crippen LogP contribution is 2.65. The molecule has 9 aromatic rings. The van der Waals surface area contributed by atoms with Crippen LogP contribution in [0.1, 0.15) is 22.3 Å². The molecule has 0 unspecified atom stereocenters. The molecule has 0 atom stereocenters. The van der Waals surface area contributed by atoms with Crippen molar-refractivity contribution in [3.63, 3.8) is 0 Å². The summed E-state index contributed by atoms with van der Waals surface area (Å²) in [5.41, 5.74) is 17.0. The minimum Gasteiger partial charge on any atom is -0.456 e. The standard InChI is InChI=1S/C47H28O/c1-2-12-29(13-3-1)30-22-24-37-42(28-30)47(40-19-9-6-16-34(40)35-17-7-10-20-41(35)47)46-33-15-5-4-14-31(33)26-38(45(37)46)32-23-25-44-39(27-32)36-18-8-11-21-43(36)48-44/h1-28H. The molecule has 11 rings (SSSR count). The number of benzene rings is 8. The Morgan fingerprint density at radius 3 is 1.81 bits per heavy atom. The minimum atomic E-state index is -0.468. The summed E-state index contributed by atoms with van der Waals surface area (Å²) in [6.07, 6.45) is 0. The number of fused-ring (bicyclic) bond motifs is 15. The topological polar surface area (TPSA) is 13.1 Å². The van der Waals surface area contributed by atoms with E-state index in [9.17, 15) is 0 Å². The number of hydrogen-bond donors (Lipinski definition) is 0. The van der Waals surface area contributed by atoms with E-state index >= 15 is 0 Å². The van der Waals surface area contributed by atoms with Crippen molar-refractivity contribution in [2.45, 2.75) is 5.41 Å². The van der Waals surface area contributed by atoms with Gasteiger partial charge in [-0.1, -0.05) is 140 Å². The summed E-state index contributed by atoms with van der Waals surface area (Å²) in [7, 11) is 0. The Morgan fingerprint density at radius 1 is 0.354 bits per heavy atom. The van der Waals surface area contributed by atoms with E-state index < -0.39 is 5.41 Å². The fraction of sp³-hybridized carbons (Fsp3) is 0.0213. The molecule has 0 saturated carbocycles. The molecular formula is C47H28O. The van der Waals surface area contributed by atoms with Crippen LogP contribution in [-0.2, 0) is 5.41 Å². The summed E-state index contributed by atoms with van der Waals surface area (Å²) in [5.74, 6) is 0. The predicted molar refractivity (Wildman–Crippen MR) is 198 cm³/mol. The lowest BCUT2D eigenvalue weighted by Crippen LogP contribution is -2.26. The second-order valence-electron chi connectivity index (χ2n) is 13.2. The fourth-order valence-electron chi connectivity index (χ4n) is 8.95. The zero-order valence-electron chi connectivity index (χ0n) is 26.1. The molecule has 0 amide bonds. The molecule has 48 heavy (non-hydrogen) atoms. The van der Waals surface area contributed by atoms with Crippen molar-refractivity contribution in [3.05, 3.63) is 192 Å². The van der Waals surface area contributed by atoms with Crippen LogP contribution in [0.4, 0.5) is 0 Å². The minimum absolute atomic E-state index is 0.468. The van der Waals surface area contributed by atoms with E-state index in [0.29, 0.717) is 0 Å². The first-order valence-corrected chi connectivity index (χ1v) is 16.7. The first kappa shape index (κ1) is 25.9. The van der Waals surface area contributed by atoms with Crippen LogP contribution in [0.25, 0.3) is 77.2 Å². The van der Waals surface area contributed by atoms with Gasteiger partial charge in [-0.05, 0) is 108 Å². The fourth-order valence-corrected chi connectivity index (χ4v) is 8.95. The summed E-state index contributed by atoms with van der Waals surface area (Å²) in [5, 5.41) is 4.85. The molecule has 2 aliphatic carbocycles. The highest BCUT2D eigenvalue weighted by molar-refractivity contribution is 6.11. The molecule has 1 spiro atoms. The molecule has 222 valence electrons. The van der Waals surface area contributed by atoms with Gasteiger partial charge in [0.2, 0.25) is 0 Å². The van der Waals surface area contributed by atoms with Crippen LogP contribution in [0.15, 0.2) is 174 Å². The average Bonchev–Trinajstić information content (AvgIpc) is 3.78. The maximum absolute atomic E-state index is 6.27. The molecule has 8 aromatic carbocycles. The predicted octanol–water partition coefficient (Wildman–Crippen LogP) is 12.4. The monoisotopic (exact) mass is 608 g/mol. The van der Waals surface area contributed by atoms with Crippen molar-refractivity contribution in [3.8, 4) is 44.5 Å². The quantitative estimate of drug-likeness (QED) is 0.190. The lowest BCUT2D eigenvalue weighted by atomic mass is 9.69. The maximum Gasteiger partial charge on any atom is 0.135 e. The lowest BCUT2D eigenvalue weighted by molar-refractivity contribution is 0.669. The molecule has 0 fully saturated rings. The third-order valence-corrected chi connectivity index (χ3v) is 10.9. The first-order valence-electron chi connectivity index (χ1n) is 16.7. The van der Waals surface area contributed by atoms with Crippen molar-refractivity contribution in [2.75, 3.05) is 0 Å². The molecule has 1 aromatic heterocycles. The van der Waals surface area contributed by atoms with Crippen LogP contribution in [0.5, 0.6) is 0 Å². The Balaban J connectivity index is 1.32. The van der Waals surface area contributed by atoms with Crippen molar-refractivity contribution in [1.29, 1.82) is 0 Å². The summed E-state index contributed by atoms with van der Waals surface area (Å²) < 4.78 is 6.27. The first-order chi connectivity index (χ1) is 23.8. The van der Waals surface area contributed by atoms with Gasteiger partial charge < -0.3 is 4.42 Å². The molecule has 2 aliphatic rings. The summed E-state index contributed by atoms with van der Waals surface area (Å²) in [6.45, 7) is 0. The van der Waals surface area contributed by atoms with E-state index in [2.05, 4.69) is 164 Å². The SMILES string of the molecule is c1ccc(-c2ccc3c(c2)C2(c4ccccc4-c4ccccc42)c2c-3c(-c3ccc4oc5ccccc5c4c3)cc3ccccc23)cc1. The van der Waals surface area contributed by atoms with Gasteiger partial charge in [0.1, 0.15) is 11.2 Å². The zero-order valence-corrected chi connectivity index (χ0v) is 26.1. The van der Waals surface area contributed by atoms with E-state index in [-0.39, 0.29) is 0 Å². The summed E-state index contributed by atoms with van der Waals surface area (Å²) in [6, 6.07) is 62.6. The van der Waals surface area contributed by atoms with Crippen molar-refractivity contribution in [1.82, 2.24) is 0 Å². The van der Waals surface area contributed by atoms with Crippen LogP contribution >= 0.6 is 0 Å². The normalized spacial score (nSPS) is 13.6. The second kappa shape index (κ2) is 9.44. The third-order valence-electron chi connectivity index (χ3n) is 10.9. The molecule has 0 N–H and O–H groups in total. The Morgan fingerprint density at radius 2 is 1.00 bits per heavy atom. The Kier molecular flexibility index (Phi) is 5.10. The third kappa shape index (κ3) is 3.25. The van der Waals surface area contributed by atoms with Crippen molar-refractivity contribution < 1.29 is 4.42 Å².